The smallest absolute Gasteiger partial charge is 0.265 e. The largest absolute Gasteiger partial charge is 0.495 e. The number of hydrogen-bond donors (Lipinski definition) is 2. The molecule has 1 aromatic heterocycles. The highest BCUT2D eigenvalue weighted by molar-refractivity contribution is 7.18. The van der Waals surface area contributed by atoms with Crippen LogP contribution < -0.4 is 20.3 Å². The summed E-state index contributed by atoms with van der Waals surface area (Å²) in [7, 11) is 1.54. The topological polar surface area (TPSA) is 79.9 Å². The maximum Gasteiger partial charge on any atom is 0.265 e. The predicted octanol–water partition coefficient (Wildman–Crippen LogP) is 4.47. The van der Waals surface area contributed by atoms with E-state index in [2.05, 4.69) is 15.5 Å². The second kappa shape index (κ2) is 9.84. The van der Waals surface area contributed by atoms with Crippen LogP contribution in [0.4, 0.5) is 16.4 Å². The molecule has 2 N–H and O–H groups in total. The summed E-state index contributed by atoms with van der Waals surface area (Å²) >= 11 is 1.46. The Morgan fingerprint density at radius 2 is 1.78 bits per heavy atom. The van der Waals surface area contributed by atoms with Crippen LogP contribution in [0.2, 0.25) is 0 Å². The molecule has 2 aromatic carbocycles. The highest BCUT2D eigenvalue weighted by Crippen LogP contribution is 2.40. The number of morpholine rings is 1. The quantitative estimate of drug-likeness (QED) is 0.578. The summed E-state index contributed by atoms with van der Waals surface area (Å²) in [6.07, 6.45) is 0. The number of thiophene rings is 1. The Balaban J connectivity index is 1.65. The van der Waals surface area contributed by atoms with Gasteiger partial charge in [0, 0.05) is 31.3 Å². The number of hydrogen-bond acceptors (Lipinski definition) is 6. The van der Waals surface area contributed by atoms with Gasteiger partial charge in [0.2, 0.25) is 5.91 Å². The molecule has 1 aliphatic heterocycles. The lowest BCUT2D eigenvalue weighted by Crippen LogP contribution is -2.35. The molecular formula is C24H25N3O4S. The Morgan fingerprint density at radius 1 is 1.03 bits per heavy atom. The summed E-state index contributed by atoms with van der Waals surface area (Å²) in [6.45, 7) is 4.34. The Bertz CT molecular complexity index is 1110. The number of amides is 2. The summed E-state index contributed by atoms with van der Waals surface area (Å²) in [5, 5.41) is 6.72. The molecule has 0 radical (unpaired) electrons. The molecule has 0 bridgehead atoms. The molecule has 2 amide bonds. The van der Waals surface area contributed by atoms with E-state index < -0.39 is 0 Å². The summed E-state index contributed by atoms with van der Waals surface area (Å²) in [5.41, 5.74) is 3.17. The third-order valence-corrected chi connectivity index (χ3v) is 6.28. The maximum absolute atomic E-state index is 13.2. The van der Waals surface area contributed by atoms with Crippen LogP contribution in [0.25, 0.3) is 11.1 Å². The molecular weight excluding hydrogens is 426 g/mol. The fourth-order valence-corrected chi connectivity index (χ4v) is 4.72. The number of nitrogens with one attached hydrogen (secondary N) is 2. The zero-order chi connectivity index (χ0) is 22.5. The normalized spacial score (nSPS) is 13.5. The van der Waals surface area contributed by atoms with E-state index in [9.17, 15) is 9.59 Å². The van der Waals surface area contributed by atoms with Gasteiger partial charge in [0.1, 0.15) is 5.75 Å². The van der Waals surface area contributed by atoms with Gasteiger partial charge in [-0.15, -0.1) is 11.3 Å². The zero-order valence-corrected chi connectivity index (χ0v) is 18.8. The van der Waals surface area contributed by atoms with Gasteiger partial charge < -0.3 is 25.0 Å². The van der Waals surface area contributed by atoms with E-state index in [-0.39, 0.29) is 11.8 Å². The number of rotatable bonds is 6. The number of ether oxygens (including phenoxy) is 2. The number of carbonyl (C=O) groups is 2. The Hall–Kier alpha value is -3.36. The molecule has 32 heavy (non-hydrogen) atoms. The van der Waals surface area contributed by atoms with E-state index in [0.717, 1.165) is 29.2 Å². The van der Waals surface area contributed by atoms with Crippen molar-refractivity contribution in [3.63, 3.8) is 0 Å². The highest BCUT2D eigenvalue weighted by atomic mass is 32.1. The lowest BCUT2D eigenvalue weighted by molar-refractivity contribution is -0.114. The monoisotopic (exact) mass is 451 g/mol. The van der Waals surface area contributed by atoms with Crippen LogP contribution in [-0.2, 0) is 9.53 Å². The van der Waals surface area contributed by atoms with E-state index in [0.29, 0.717) is 35.2 Å². The number of methoxy groups -OCH3 is 1. The second-order valence-corrected chi connectivity index (χ2v) is 8.38. The molecule has 0 unspecified atom stereocenters. The van der Waals surface area contributed by atoms with Crippen molar-refractivity contribution >= 4 is 39.5 Å². The van der Waals surface area contributed by atoms with Crippen LogP contribution in [0, 0.1) is 0 Å². The number of nitrogens with zero attached hydrogens (tertiary/aromatic N) is 1. The lowest BCUT2D eigenvalue weighted by atomic mass is 10.1. The zero-order valence-electron chi connectivity index (χ0n) is 18.0. The standard InChI is InChI=1S/C24H25N3O4S/c1-16(28)25-18-8-9-21(30-2)20(14-18)26-23(29)22-15-19(17-6-4-3-5-7-17)24(32-22)27-10-12-31-13-11-27/h3-9,14-15H,10-13H2,1-2H3,(H,25,28)(H,26,29). The molecule has 0 atom stereocenters. The predicted molar refractivity (Wildman–Crippen MR) is 128 cm³/mol. The second-order valence-electron chi connectivity index (χ2n) is 7.35. The van der Waals surface area contributed by atoms with Gasteiger partial charge in [0.05, 0.1) is 35.9 Å². The molecule has 4 rings (SSSR count). The van der Waals surface area contributed by atoms with Gasteiger partial charge in [-0.2, -0.15) is 0 Å². The SMILES string of the molecule is COc1ccc(NC(C)=O)cc1NC(=O)c1cc(-c2ccccc2)c(N2CCOCC2)s1. The van der Waals surface area contributed by atoms with Gasteiger partial charge in [0.25, 0.3) is 5.91 Å². The van der Waals surface area contributed by atoms with Crippen LogP contribution in [0.3, 0.4) is 0 Å². The van der Waals surface area contributed by atoms with Crippen LogP contribution in [-0.4, -0.2) is 45.2 Å². The molecule has 0 spiro atoms. The molecule has 0 aliphatic carbocycles. The van der Waals surface area contributed by atoms with Crippen molar-refractivity contribution in [1.29, 1.82) is 0 Å². The first-order valence-electron chi connectivity index (χ1n) is 10.3. The summed E-state index contributed by atoms with van der Waals surface area (Å²) < 4.78 is 10.9. The average molecular weight is 452 g/mol. The van der Waals surface area contributed by atoms with Crippen LogP contribution in [0.1, 0.15) is 16.6 Å². The molecule has 1 aliphatic rings. The highest BCUT2D eigenvalue weighted by Gasteiger charge is 2.22. The van der Waals surface area contributed by atoms with Crippen LogP contribution >= 0.6 is 11.3 Å². The maximum atomic E-state index is 13.2. The van der Waals surface area contributed by atoms with Gasteiger partial charge >= 0.3 is 0 Å². The van der Waals surface area contributed by atoms with Gasteiger partial charge in [-0.1, -0.05) is 30.3 Å². The van der Waals surface area contributed by atoms with Crippen molar-refractivity contribution in [2.45, 2.75) is 6.92 Å². The van der Waals surface area contributed by atoms with Gasteiger partial charge in [-0.25, -0.2) is 0 Å². The van der Waals surface area contributed by atoms with E-state index in [1.54, 1.807) is 18.2 Å². The average Bonchev–Trinajstić information content (AvgIpc) is 3.26. The van der Waals surface area contributed by atoms with E-state index in [1.165, 1.54) is 25.4 Å². The van der Waals surface area contributed by atoms with Crippen molar-refractivity contribution in [3.05, 3.63) is 59.5 Å². The molecule has 2 heterocycles. The molecule has 8 heteroatoms. The fraction of sp³-hybridized carbons (Fsp3) is 0.250. The molecule has 0 saturated carbocycles. The van der Waals surface area contributed by atoms with Crippen LogP contribution in [0.15, 0.2) is 54.6 Å². The third kappa shape index (κ3) is 4.92. The number of carbonyl (C=O) groups excluding carboxylic acids is 2. The first kappa shape index (κ1) is 21.9. The lowest BCUT2D eigenvalue weighted by Gasteiger charge is -2.28. The van der Waals surface area contributed by atoms with Gasteiger partial charge in [-0.05, 0) is 29.8 Å². The first-order chi connectivity index (χ1) is 15.5. The molecule has 3 aromatic rings. The molecule has 7 nitrogen and oxygen atoms in total. The Kier molecular flexibility index (Phi) is 6.72. The molecule has 166 valence electrons. The molecule has 1 fully saturated rings. The minimum Gasteiger partial charge on any atom is -0.495 e. The number of benzene rings is 2. The minimum atomic E-state index is -0.232. The van der Waals surface area contributed by atoms with Crippen molar-refractivity contribution in [3.8, 4) is 16.9 Å². The summed E-state index contributed by atoms with van der Waals surface area (Å²) in [5.74, 6) is 0.0963. The van der Waals surface area contributed by atoms with Crippen LogP contribution in [0.5, 0.6) is 5.75 Å². The summed E-state index contributed by atoms with van der Waals surface area (Å²) in [4.78, 5) is 27.5. The van der Waals surface area contributed by atoms with Crippen molar-refractivity contribution in [1.82, 2.24) is 0 Å². The van der Waals surface area contributed by atoms with E-state index in [1.807, 2.05) is 36.4 Å². The van der Waals surface area contributed by atoms with Crippen molar-refractivity contribution in [2.75, 3.05) is 48.9 Å². The van der Waals surface area contributed by atoms with E-state index >= 15 is 0 Å². The van der Waals surface area contributed by atoms with Gasteiger partial charge in [-0.3, -0.25) is 9.59 Å². The number of anilines is 3. The fourth-order valence-electron chi connectivity index (χ4n) is 3.59. The van der Waals surface area contributed by atoms with Crippen molar-refractivity contribution in [2.24, 2.45) is 0 Å². The Labute approximate surface area is 191 Å². The van der Waals surface area contributed by atoms with Crippen molar-refractivity contribution < 1.29 is 19.1 Å². The van der Waals surface area contributed by atoms with Gasteiger partial charge in [0.15, 0.2) is 0 Å². The summed E-state index contributed by atoms with van der Waals surface area (Å²) in [6, 6.07) is 17.1. The Morgan fingerprint density at radius 3 is 2.47 bits per heavy atom. The van der Waals surface area contributed by atoms with E-state index in [4.69, 9.17) is 9.47 Å². The minimum absolute atomic E-state index is 0.187. The third-order valence-electron chi connectivity index (χ3n) is 5.09. The molecule has 1 saturated heterocycles. The first-order valence-corrected chi connectivity index (χ1v) is 11.2.